The molecule has 0 rings (SSSR count). The van der Waals surface area contributed by atoms with Crippen LogP contribution in [-0.2, 0) is 14.4 Å². The smallest absolute Gasteiger partial charge is 0.300 e. The summed E-state index contributed by atoms with van der Waals surface area (Å²) < 4.78 is 0. The maximum atomic E-state index is 9.00. The fraction of sp³-hybridized carbons (Fsp3) is 0.824. The van der Waals surface area contributed by atoms with Crippen molar-refractivity contribution in [2.45, 2.75) is 66.7 Å². The largest absolute Gasteiger partial charge is 0.481 e. The van der Waals surface area contributed by atoms with Crippen molar-refractivity contribution in [3.8, 4) is 0 Å². The van der Waals surface area contributed by atoms with Gasteiger partial charge in [-0.05, 0) is 0 Å². The molecule has 0 radical (unpaired) electrons. The van der Waals surface area contributed by atoms with Crippen LogP contribution in [0.2, 0.25) is 0 Å². The third kappa shape index (κ3) is 255. The minimum absolute atomic E-state index is 0.194. The predicted octanol–water partition coefficient (Wildman–Crippen LogP) is 1.78. The highest BCUT2D eigenvalue weighted by atomic mass is 16.4. The SMILES string of the molecule is CC(=O)O.CC(=O)O.CC(=O)O.CCCCCCC.NCCNCCO. The maximum Gasteiger partial charge on any atom is 0.300 e. The lowest BCUT2D eigenvalue weighted by Crippen LogP contribution is -2.24. The lowest BCUT2D eigenvalue weighted by atomic mass is 10.2. The first-order valence-corrected chi connectivity index (χ1v) is 8.63. The number of carbonyl (C=O) groups is 3. The van der Waals surface area contributed by atoms with Gasteiger partial charge in [-0.3, -0.25) is 14.4 Å². The quantitative estimate of drug-likeness (QED) is 0.341. The number of aliphatic hydroxyl groups excluding tert-OH is 1. The molecule has 26 heavy (non-hydrogen) atoms. The number of nitrogens with one attached hydrogen (secondary N) is 1. The molecule has 9 nitrogen and oxygen atoms in total. The van der Waals surface area contributed by atoms with E-state index >= 15 is 0 Å². The highest BCUT2D eigenvalue weighted by Gasteiger charge is 1.80. The van der Waals surface area contributed by atoms with E-state index in [-0.39, 0.29) is 6.61 Å². The molecule has 7 N–H and O–H groups in total. The van der Waals surface area contributed by atoms with E-state index in [1.54, 1.807) is 0 Å². The summed E-state index contributed by atoms with van der Waals surface area (Å²) in [6.07, 6.45) is 7.01. The Bertz CT molecular complexity index is 230. The molecule has 0 aliphatic carbocycles. The highest BCUT2D eigenvalue weighted by molar-refractivity contribution is 5.63. The molecule has 9 heteroatoms. The number of aliphatic carboxylic acids is 3. The molecule has 0 saturated carbocycles. The van der Waals surface area contributed by atoms with Crippen LogP contribution in [-0.4, -0.2) is 64.6 Å². The average Bonchev–Trinajstić information content (AvgIpc) is 2.47. The van der Waals surface area contributed by atoms with Crippen molar-refractivity contribution in [2.75, 3.05) is 26.2 Å². The Kier molecular flexibility index (Phi) is 52.7. The minimum Gasteiger partial charge on any atom is -0.481 e. The summed E-state index contributed by atoms with van der Waals surface area (Å²) in [6.45, 7) is 10.0. The Hall–Kier alpha value is -1.71. The molecule has 0 aliphatic heterocycles. The maximum absolute atomic E-state index is 9.00. The first-order chi connectivity index (χ1) is 12.0. The summed E-state index contributed by atoms with van der Waals surface area (Å²) in [5.74, 6) is -2.50. The molecular weight excluding hydrogens is 344 g/mol. The fourth-order valence-electron chi connectivity index (χ4n) is 0.983. The number of carboxylic acids is 3. The summed E-state index contributed by atoms with van der Waals surface area (Å²) >= 11 is 0. The van der Waals surface area contributed by atoms with Crippen LogP contribution in [0, 0.1) is 0 Å². The van der Waals surface area contributed by atoms with Crippen molar-refractivity contribution in [2.24, 2.45) is 5.73 Å². The molecule has 0 aromatic heterocycles. The molecule has 0 bridgehead atoms. The topological polar surface area (TPSA) is 170 Å². The third-order valence-corrected chi connectivity index (χ3v) is 1.82. The van der Waals surface area contributed by atoms with Gasteiger partial charge in [-0.15, -0.1) is 0 Å². The van der Waals surface area contributed by atoms with Crippen molar-refractivity contribution >= 4 is 17.9 Å². The second-order valence-electron chi connectivity index (χ2n) is 4.88. The van der Waals surface area contributed by atoms with E-state index in [1.807, 2.05) is 0 Å². The number of rotatable bonds is 8. The molecule has 0 fully saturated rings. The molecule has 0 aromatic carbocycles. The Morgan fingerprint density at radius 1 is 0.769 bits per heavy atom. The zero-order valence-electron chi connectivity index (χ0n) is 17.0. The van der Waals surface area contributed by atoms with Gasteiger partial charge in [0, 0.05) is 40.4 Å². The minimum atomic E-state index is -0.833. The molecule has 0 atom stereocenters. The lowest BCUT2D eigenvalue weighted by molar-refractivity contribution is -0.135. The second-order valence-corrected chi connectivity index (χ2v) is 4.88. The van der Waals surface area contributed by atoms with Crippen LogP contribution in [0.4, 0.5) is 0 Å². The van der Waals surface area contributed by atoms with E-state index < -0.39 is 17.9 Å². The van der Waals surface area contributed by atoms with Gasteiger partial charge in [0.15, 0.2) is 0 Å². The van der Waals surface area contributed by atoms with Gasteiger partial charge < -0.3 is 31.5 Å². The molecule has 0 amide bonds. The number of aliphatic hydroxyl groups is 1. The molecule has 0 heterocycles. The van der Waals surface area contributed by atoms with E-state index in [0.29, 0.717) is 13.1 Å². The van der Waals surface area contributed by atoms with Gasteiger partial charge in [0.25, 0.3) is 17.9 Å². The van der Waals surface area contributed by atoms with Crippen molar-refractivity contribution in [3.05, 3.63) is 0 Å². The normalized spacial score (nSPS) is 7.96. The van der Waals surface area contributed by atoms with Gasteiger partial charge in [-0.1, -0.05) is 46.0 Å². The van der Waals surface area contributed by atoms with E-state index in [0.717, 1.165) is 27.3 Å². The summed E-state index contributed by atoms with van der Waals surface area (Å²) in [5, 5.41) is 33.3. The summed E-state index contributed by atoms with van der Waals surface area (Å²) in [7, 11) is 0. The average molecular weight is 385 g/mol. The summed E-state index contributed by atoms with van der Waals surface area (Å²) in [4.78, 5) is 27.0. The summed E-state index contributed by atoms with van der Waals surface area (Å²) in [6, 6.07) is 0. The first kappa shape index (κ1) is 35.4. The number of unbranched alkanes of at least 4 members (excludes halogenated alkanes) is 4. The first-order valence-electron chi connectivity index (χ1n) is 8.63. The number of hydrogen-bond acceptors (Lipinski definition) is 6. The monoisotopic (exact) mass is 384 g/mol. The zero-order valence-corrected chi connectivity index (χ0v) is 17.0. The van der Waals surface area contributed by atoms with Crippen LogP contribution in [0.3, 0.4) is 0 Å². The number of carboxylic acid groups (broad SMARTS) is 3. The van der Waals surface area contributed by atoms with Gasteiger partial charge in [0.05, 0.1) is 6.61 Å². The van der Waals surface area contributed by atoms with E-state index in [1.165, 1.54) is 32.1 Å². The Morgan fingerprint density at radius 2 is 1.08 bits per heavy atom. The fourth-order valence-corrected chi connectivity index (χ4v) is 0.983. The van der Waals surface area contributed by atoms with Crippen molar-refractivity contribution in [1.29, 1.82) is 0 Å². The molecule has 0 aromatic rings. The van der Waals surface area contributed by atoms with Gasteiger partial charge in [0.1, 0.15) is 0 Å². The standard InChI is InChI=1S/C7H16.C4H12N2O.3C2H4O2/c1-3-5-7-6-4-2;5-1-2-6-3-4-7;3*1-2(3)4/h3-7H2,1-2H3;6-7H,1-5H2;3*1H3,(H,3,4). The zero-order chi connectivity index (χ0) is 21.8. The Balaban J connectivity index is -0.0000000728. The molecule has 160 valence electrons. The van der Waals surface area contributed by atoms with Crippen molar-refractivity contribution in [1.82, 2.24) is 5.32 Å². The third-order valence-electron chi connectivity index (χ3n) is 1.82. The molecule has 0 saturated heterocycles. The summed E-state index contributed by atoms with van der Waals surface area (Å²) in [5.41, 5.74) is 5.13. The van der Waals surface area contributed by atoms with Gasteiger partial charge >= 0.3 is 0 Å². The van der Waals surface area contributed by atoms with Crippen molar-refractivity contribution in [3.63, 3.8) is 0 Å². The lowest BCUT2D eigenvalue weighted by Gasteiger charge is -1.95. The van der Waals surface area contributed by atoms with Crippen molar-refractivity contribution < 1.29 is 34.8 Å². The van der Waals surface area contributed by atoms with Crippen LogP contribution >= 0.6 is 0 Å². The van der Waals surface area contributed by atoms with Gasteiger partial charge in [-0.25, -0.2) is 0 Å². The van der Waals surface area contributed by atoms with Gasteiger partial charge in [-0.2, -0.15) is 0 Å². The van der Waals surface area contributed by atoms with Crippen LogP contribution in [0.1, 0.15) is 66.7 Å². The van der Waals surface area contributed by atoms with Crippen LogP contribution < -0.4 is 11.1 Å². The number of nitrogens with two attached hydrogens (primary N) is 1. The predicted molar refractivity (Wildman–Crippen MR) is 103 cm³/mol. The van der Waals surface area contributed by atoms with Crippen LogP contribution in [0.25, 0.3) is 0 Å². The Labute approximate surface area is 157 Å². The van der Waals surface area contributed by atoms with E-state index in [9.17, 15) is 0 Å². The number of hydrogen-bond donors (Lipinski definition) is 6. The second kappa shape index (κ2) is 38.7. The molecule has 0 spiro atoms. The van der Waals surface area contributed by atoms with Crippen LogP contribution in [0.5, 0.6) is 0 Å². The van der Waals surface area contributed by atoms with E-state index in [4.69, 9.17) is 40.5 Å². The molecule has 0 unspecified atom stereocenters. The van der Waals surface area contributed by atoms with E-state index in [2.05, 4.69) is 19.2 Å². The highest BCUT2D eigenvalue weighted by Crippen LogP contribution is 2.00. The Morgan fingerprint density at radius 3 is 1.27 bits per heavy atom. The van der Waals surface area contributed by atoms with Gasteiger partial charge in [0.2, 0.25) is 0 Å². The van der Waals surface area contributed by atoms with Crippen LogP contribution in [0.15, 0.2) is 0 Å². The molecule has 0 aliphatic rings. The molecular formula is C17H40N2O7.